The second kappa shape index (κ2) is 5.35. The van der Waals surface area contributed by atoms with Crippen molar-refractivity contribution in [1.82, 2.24) is 4.90 Å². The Labute approximate surface area is 119 Å². The highest BCUT2D eigenvalue weighted by atomic mass is 32.2. The Morgan fingerprint density at radius 1 is 1.20 bits per heavy atom. The van der Waals surface area contributed by atoms with Gasteiger partial charge in [-0.25, -0.2) is 13.6 Å². The van der Waals surface area contributed by atoms with Crippen molar-refractivity contribution in [2.75, 3.05) is 19.7 Å². The van der Waals surface area contributed by atoms with Gasteiger partial charge in [0, 0.05) is 24.1 Å². The maximum atomic E-state index is 11.4. The summed E-state index contributed by atoms with van der Waals surface area (Å²) < 4.78 is 28.5. The Bertz CT molecular complexity index is 594. The Morgan fingerprint density at radius 3 is 2.65 bits per heavy atom. The van der Waals surface area contributed by atoms with E-state index < -0.39 is 10.0 Å². The number of benzene rings is 1. The molecule has 20 heavy (non-hydrogen) atoms. The van der Waals surface area contributed by atoms with Crippen molar-refractivity contribution < 1.29 is 13.2 Å². The number of nitrogens with two attached hydrogens (primary N) is 1. The molecule has 1 saturated heterocycles. The number of hydrogen-bond donors (Lipinski definition) is 1. The van der Waals surface area contributed by atoms with Crippen LogP contribution in [-0.2, 0) is 10.0 Å². The summed E-state index contributed by atoms with van der Waals surface area (Å²) in [6.45, 7) is 2.85. The minimum Gasteiger partial charge on any atom is -0.493 e. The van der Waals surface area contributed by atoms with E-state index in [0.717, 1.165) is 25.1 Å². The molecule has 0 bridgehead atoms. The molecule has 0 saturated carbocycles. The summed E-state index contributed by atoms with van der Waals surface area (Å²) in [5.74, 6) is 0.665. The molecule has 0 aliphatic carbocycles. The number of hydrogen-bond acceptors (Lipinski definition) is 4. The van der Waals surface area contributed by atoms with Crippen molar-refractivity contribution in [3.05, 3.63) is 23.8 Å². The average Bonchev–Trinajstić information content (AvgIpc) is 2.46. The summed E-state index contributed by atoms with van der Waals surface area (Å²) in [6, 6.07) is 5.34. The van der Waals surface area contributed by atoms with Crippen molar-refractivity contribution in [2.45, 2.75) is 36.6 Å². The molecule has 2 N–H and O–H groups in total. The molecule has 0 spiro atoms. The zero-order chi connectivity index (χ0) is 14.2. The van der Waals surface area contributed by atoms with E-state index in [2.05, 4.69) is 4.90 Å². The zero-order valence-corrected chi connectivity index (χ0v) is 12.2. The van der Waals surface area contributed by atoms with Crippen LogP contribution in [0.2, 0.25) is 0 Å². The normalized spacial score (nSPS) is 23.9. The molecule has 1 unspecified atom stereocenters. The number of ether oxygens (including phenoxy) is 1. The largest absolute Gasteiger partial charge is 0.493 e. The first-order valence-electron chi connectivity index (χ1n) is 7.09. The summed E-state index contributed by atoms with van der Waals surface area (Å²) in [5, 5.41) is 5.17. The van der Waals surface area contributed by atoms with Crippen molar-refractivity contribution in [3.8, 4) is 5.75 Å². The predicted octanol–water partition coefficient (Wildman–Crippen LogP) is 1.64. The lowest BCUT2D eigenvalue weighted by atomic mass is 9.97. The number of nitrogens with zero attached hydrogens (tertiary/aromatic N) is 1. The fraction of sp³-hybridized carbons (Fsp3) is 0.571. The monoisotopic (exact) mass is 296 g/mol. The second-order valence-electron chi connectivity index (χ2n) is 5.49. The maximum Gasteiger partial charge on any atom is 0.238 e. The third-order valence-corrected chi connectivity index (χ3v) is 5.06. The van der Waals surface area contributed by atoms with E-state index in [4.69, 9.17) is 9.88 Å². The Kier molecular flexibility index (Phi) is 3.70. The molecule has 0 aromatic heterocycles. The van der Waals surface area contributed by atoms with Gasteiger partial charge in [0.2, 0.25) is 10.0 Å². The first kappa shape index (κ1) is 13.9. The number of likely N-dealkylation sites (tertiary alicyclic amines) is 1. The van der Waals surface area contributed by atoms with Gasteiger partial charge >= 0.3 is 0 Å². The highest BCUT2D eigenvalue weighted by Crippen LogP contribution is 2.38. The van der Waals surface area contributed by atoms with E-state index in [0.29, 0.717) is 18.4 Å². The summed E-state index contributed by atoms with van der Waals surface area (Å²) in [4.78, 5) is 2.61. The van der Waals surface area contributed by atoms with Crippen LogP contribution in [0.5, 0.6) is 5.75 Å². The molecule has 1 fully saturated rings. The third-order valence-electron chi connectivity index (χ3n) is 4.15. The smallest absolute Gasteiger partial charge is 0.238 e. The Balaban J connectivity index is 1.93. The van der Waals surface area contributed by atoms with E-state index in [1.807, 2.05) is 6.07 Å². The fourth-order valence-electron chi connectivity index (χ4n) is 3.14. The van der Waals surface area contributed by atoms with E-state index in [1.165, 1.54) is 19.3 Å². The first-order chi connectivity index (χ1) is 9.55. The van der Waals surface area contributed by atoms with Crippen LogP contribution in [-0.4, -0.2) is 33.0 Å². The number of fused-ring (bicyclic) bond motifs is 1. The third kappa shape index (κ3) is 2.68. The molecule has 1 atom stereocenters. The van der Waals surface area contributed by atoms with E-state index in [1.54, 1.807) is 12.1 Å². The van der Waals surface area contributed by atoms with Crippen molar-refractivity contribution in [1.29, 1.82) is 0 Å². The van der Waals surface area contributed by atoms with Crippen molar-refractivity contribution >= 4 is 10.0 Å². The van der Waals surface area contributed by atoms with Crippen molar-refractivity contribution in [2.24, 2.45) is 5.14 Å². The predicted molar refractivity (Wildman–Crippen MR) is 76.1 cm³/mol. The van der Waals surface area contributed by atoms with Gasteiger partial charge < -0.3 is 4.74 Å². The van der Waals surface area contributed by atoms with Crippen LogP contribution in [0.4, 0.5) is 0 Å². The van der Waals surface area contributed by atoms with E-state index in [9.17, 15) is 8.42 Å². The number of rotatable bonds is 2. The van der Waals surface area contributed by atoms with Gasteiger partial charge in [-0.1, -0.05) is 12.5 Å². The minimum atomic E-state index is -3.67. The molecule has 2 aliphatic heterocycles. The molecule has 6 heteroatoms. The van der Waals surface area contributed by atoms with Crippen molar-refractivity contribution in [3.63, 3.8) is 0 Å². The maximum absolute atomic E-state index is 11.4. The van der Waals surface area contributed by atoms with E-state index >= 15 is 0 Å². The molecule has 3 rings (SSSR count). The molecule has 0 amide bonds. The standard InChI is InChI=1S/C14H20N2O3S/c15-20(17,18)11-4-5-12-13(6-9-19-14(12)10-11)16-7-2-1-3-8-16/h4-5,10,13H,1-3,6-9H2,(H2,15,17,18). The highest BCUT2D eigenvalue weighted by molar-refractivity contribution is 7.89. The Hall–Kier alpha value is -1.11. The highest BCUT2D eigenvalue weighted by Gasteiger charge is 2.28. The molecule has 1 aromatic rings. The first-order valence-corrected chi connectivity index (χ1v) is 8.64. The average molecular weight is 296 g/mol. The Morgan fingerprint density at radius 2 is 1.95 bits per heavy atom. The molecule has 110 valence electrons. The van der Waals surface area contributed by atoms with Gasteiger partial charge in [0.25, 0.3) is 0 Å². The number of piperidine rings is 1. The SMILES string of the molecule is NS(=O)(=O)c1ccc2c(c1)OCCC2N1CCCCC1. The molecule has 0 radical (unpaired) electrons. The molecule has 2 heterocycles. The van der Waals surface area contributed by atoms with Crippen LogP contribution in [0.3, 0.4) is 0 Å². The van der Waals surface area contributed by atoms with Gasteiger partial charge in [0.05, 0.1) is 11.5 Å². The van der Waals surface area contributed by atoms with Gasteiger partial charge in [0.1, 0.15) is 5.75 Å². The summed E-state index contributed by atoms with van der Waals surface area (Å²) in [6.07, 6.45) is 4.74. The van der Waals surface area contributed by atoms with Gasteiger partial charge in [-0.05, 0) is 32.0 Å². The molecule has 2 aliphatic rings. The quantitative estimate of drug-likeness (QED) is 0.900. The van der Waals surface area contributed by atoms with E-state index in [-0.39, 0.29) is 4.90 Å². The summed E-state index contributed by atoms with van der Waals surface area (Å²) in [5.41, 5.74) is 1.09. The summed E-state index contributed by atoms with van der Waals surface area (Å²) in [7, 11) is -3.67. The van der Waals surface area contributed by atoms with Crippen LogP contribution in [0.1, 0.15) is 37.3 Å². The van der Waals surface area contributed by atoms with Gasteiger partial charge in [0.15, 0.2) is 0 Å². The summed E-state index contributed by atoms with van der Waals surface area (Å²) >= 11 is 0. The number of primary sulfonamides is 1. The van der Waals surface area contributed by atoms with Gasteiger partial charge in [-0.15, -0.1) is 0 Å². The van der Waals surface area contributed by atoms with Crippen LogP contribution < -0.4 is 9.88 Å². The molecule has 1 aromatic carbocycles. The lowest BCUT2D eigenvalue weighted by molar-refractivity contribution is 0.119. The van der Waals surface area contributed by atoms with Crippen LogP contribution in [0, 0.1) is 0 Å². The second-order valence-corrected chi connectivity index (χ2v) is 7.06. The number of sulfonamides is 1. The lowest BCUT2D eigenvalue weighted by Crippen LogP contribution is -2.36. The van der Waals surface area contributed by atoms with Crippen LogP contribution in [0.25, 0.3) is 0 Å². The minimum absolute atomic E-state index is 0.121. The van der Waals surface area contributed by atoms with Gasteiger partial charge in [-0.2, -0.15) is 0 Å². The molecule has 5 nitrogen and oxygen atoms in total. The van der Waals surface area contributed by atoms with Gasteiger partial charge in [-0.3, -0.25) is 4.90 Å². The lowest BCUT2D eigenvalue weighted by Gasteiger charge is -2.37. The van der Waals surface area contributed by atoms with Crippen LogP contribution in [0.15, 0.2) is 23.1 Å². The van der Waals surface area contributed by atoms with Crippen LogP contribution >= 0.6 is 0 Å². The molecular formula is C14H20N2O3S. The zero-order valence-electron chi connectivity index (χ0n) is 11.4. The molecular weight excluding hydrogens is 276 g/mol. The topological polar surface area (TPSA) is 72.6 Å². The fourth-order valence-corrected chi connectivity index (χ4v) is 3.67.